The minimum Gasteiger partial charge on any atom is -0.339 e. The Morgan fingerprint density at radius 1 is 0.914 bits per heavy atom. The molecule has 1 saturated carbocycles. The van der Waals surface area contributed by atoms with E-state index in [0.29, 0.717) is 29.0 Å². The largest absolute Gasteiger partial charge is 0.339 e. The zero-order valence-electron chi connectivity index (χ0n) is 20.7. The van der Waals surface area contributed by atoms with Crippen molar-refractivity contribution in [3.63, 3.8) is 0 Å². The first-order chi connectivity index (χ1) is 17.0. The Morgan fingerprint density at radius 3 is 2.40 bits per heavy atom. The van der Waals surface area contributed by atoms with Crippen LogP contribution in [-0.2, 0) is 11.2 Å². The van der Waals surface area contributed by atoms with E-state index in [1.54, 1.807) is 0 Å². The Hall–Kier alpha value is -2.37. The molecule has 1 aliphatic carbocycles. The summed E-state index contributed by atoms with van der Waals surface area (Å²) in [4.78, 5) is 32.5. The van der Waals surface area contributed by atoms with Crippen molar-refractivity contribution >= 4 is 23.4 Å². The number of hydrogen-bond acceptors (Lipinski definition) is 3. The first-order valence-corrected chi connectivity index (χ1v) is 13.5. The van der Waals surface area contributed by atoms with Crippen LogP contribution in [0.4, 0.5) is 0 Å². The number of hydrogen-bond donors (Lipinski definition) is 0. The Balaban J connectivity index is 1.26. The quantitative estimate of drug-likeness (QED) is 0.580. The van der Waals surface area contributed by atoms with Crippen molar-refractivity contribution in [2.75, 3.05) is 39.8 Å². The van der Waals surface area contributed by atoms with E-state index in [0.717, 1.165) is 68.7 Å². The van der Waals surface area contributed by atoms with Crippen molar-refractivity contribution in [1.82, 2.24) is 14.7 Å². The van der Waals surface area contributed by atoms with Gasteiger partial charge in [0.2, 0.25) is 5.91 Å². The first-order valence-electron chi connectivity index (χ1n) is 13.2. The smallest absolute Gasteiger partial charge is 0.253 e. The first kappa shape index (κ1) is 24.3. The average molecular weight is 494 g/mol. The molecule has 3 fully saturated rings. The molecule has 3 aliphatic rings. The Bertz CT molecular complexity index is 1070. The average Bonchev–Trinajstić information content (AvgIpc) is 3.25. The van der Waals surface area contributed by atoms with Gasteiger partial charge < -0.3 is 14.7 Å². The van der Waals surface area contributed by atoms with Gasteiger partial charge in [0.15, 0.2) is 0 Å². The number of nitrogens with zero attached hydrogens (tertiary/aromatic N) is 3. The van der Waals surface area contributed by atoms with E-state index in [1.807, 2.05) is 35.2 Å². The summed E-state index contributed by atoms with van der Waals surface area (Å²) < 4.78 is 0. The van der Waals surface area contributed by atoms with Gasteiger partial charge >= 0.3 is 0 Å². The van der Waals surface area contributed by atoms with Crippen LogP contribution in [0.3, 0.4) is 0 Å². The molecule has 0 radical (unpaired) electrons. The highest BCUT2D eigenvalue weighted by Gasteiger charge is 2.36. The molecule has 2 aliphatic heterocycles. The highest BCUT2D eigenvalue weighted by Crippen LogP contribution is 2.33. The van der Waals surface area contributed by atoms with Crippen LogP contribution in [0.15, 0.2) is 42.5 Å². The van der Waals surface area contributed by atoms with E-state index < -0.39 is 0 Å². The van der Waals surface area contributed by atoms with Gasteiger partial charge in [-0.25, -0.2) is 0 Å². The summed E-state index contributed by atoms with van der Waals surface area (Å²) in [5.74, 6) is 0.432. The number of amides is 2. The van der Waals surface area contributed by atoms with Gasteiger partial charge in [-0.2, -0.15) is 0 Å². The summed E-state index contributed by atoms with van der Waals surface area (Å²) in [5.41, 5.74) is 3.72. The molecule has 5 rings (SSSR count). The number of carbonyl (C=O) groups is 2. The molecule has 6 heteroatoms. The number of likely N-dealkylation sites (N-methyl/N-ethyl adjacent to an activating group) is 1. The van der Waals surface area contributed by atoms with Gasteiger partial charge in [-0.1, -0.05) is 55.1 Å². The number of piperazine rings is 1. The van der Waals surface area contributed by atoms with Crippen LogP contribution in [0.2, 0.25) is 5.02 Å². The Morgan fingerprint density at radius 2 is 1.66 bits per heavy atom. The molecule has 0 N–H and O–H groups in total. The fourth-order valence-electron chi connectivity index (χ4n) is 5.89. The predicted molar refractivity (Wildman–Crippen MR) is 141 cm³/mol. The summed E-state index contributed by atoms with van der Waals surface area (Å²) >= 11 is 6.72. The molecule has 2 saturated heterocycles. The summed E-state index contributed by atoms with van der Waals surface area (Å²) in [6.45, 7) is 4.23. The molecule has 0 spiro atoms. The molecule has 0 bridgehead atoms. The van der Waals surface area contributed by atoms with Crippen LogP contribution < -0.4 is 0 Å². The van der Waals surface area contributed by atoms with Gasteiger partial charge in [-0.3, -0.25) is 9.59 Å². The van der Waals surface area contributed by atoms with Crippen LogP contribution in [0.25, 0.3) is 11.1 Å². The highest BCUT2D eigenvalue weighted by atomic mass is 35.5. The van der Waals surface area contributed by atoms with Gasteiger partial charge in [0.1, 0.15) is 0 Å². The molecule has 1 unspecified atom stereocenters. The third kappa shape index (κ3) is 5.41. The lowest BCUT2D eigenvalue weighted by Crippen LogP contribution is -2.47. The Labute approximate surface area is 214 Å². The fourth-order valence-corrected chi connectivity index (χ4v) is 6.15. The summed E-state index contributed by atoms with van der Waals surface area (Å²) in [6, 6.07) is 14.4. The van der Waals surface area contributed by atoms with Gasteiger partial charge in [0.25, 0.3) is 5.91 Å². The normalized spacial score (nSPS) is 22.1. The summed E-state index contributed by atoms with van der Waals surface area (Å²) in [5, 5.41) is 0.696. The van der Waals surface area contributed by atoms with Crippen molar-refractivity contribution in [2.24, 2.45) is 5.92 Å². The minimum atomic E-state index is 0.0322. The fraction of sp³-hybridized carbons (Fsp3) is 0.517. The SMILES string of the molecule is CN1CCN(C(=O)c2cccc(-c3ccc(CC4CCN(C5CCCCC5)C4=O)c(Cl)c3)c2)CC1. The molecular formula is C29H36ClN3O2. The van der Waals surface area contributed by atoms with Crippen molar-refractivity contribution in [2.45, 2.75) is 51.0 Å². The van der Waals surface area contributed by atoms with Crippen LogP contribution in [0.1, 0.15) is 54.4 Å². The Kier molecular flexibility index (Phi) is 7.45. The monoisotopic (exact) mass is 493 g/mol. The van der Waals surface area contributed by atoms with E-state index in [-0.39, 0.29) is 11.8 Å². The van der Waals surface area contributed by atoms with E-state index >= 15 is 0 Å². The molecule has 2 aromatic rings. The van der Waals surface area contributed by atoms with Gasteiger partial charge in [0.05, 0.1) is 0 Å². The summed E-state index contributed by atoms with van der Waals surface area (Å²) in [6.07, 6.45) is 7.72. The third-order valence-electron chi connectivity index (χ3n) is 8.12. The van der Waals surface area contributed by atoms with Crippen LogP contribution in [0, 0.1) is 5.92 Å². The standard InChI is InChI=1S/C29H36ClN3O2/c1-31-14-16-32(17-15-31)28(34)24-7-5-6-21(18-24)22-10-11-23(27(30)20-22)19-25-12-13-33(29(25)35)26-8-3-2-4-9-26/h5-7,10-11,18,20,25-26H,2-4,8-9,12-17,19H2,1H3. The second-order valence-electron chi connectivity index (χ2n) is 10.5. The molecule has 1 atom stereocenters. The zero-order chi connectivity index (χ0) is 24.4. The topological polar surface area (TPSA) is 43.9 Å². The van der Waals surface area contributed by atoms with Gasteiger partial charge in [-0.15, -0.1) is 0 Å². The zero-order valence-corrected chi connectivity index (χ0v) is 21.5. The maximum absolute atomic E-state index is 13.1. The second kappa shape index (κ2) is 10.7. The van der Waals surface area contributed by atoms with E-state index in [1.165, 1.54) is 19.3 Å². The number of halogens is 1. The molecular weight excluding hydrogens is 458 g/mol. The number of benzene rings is 2. The van der Waals surface area contributed by atoms with Gasteiger partial charge in [0, 0.05) is 55.3 Å². The van der Waals surface area contributed by atoms with E-state index in [2.05, 4.69) is 29.0 Å². The molecule has 35 heavy (non-hydrogen) atoms. The molecule has 5 nitrogen and oxygen atoms in total. The molecule has 186 valence electrons. The van der Waals surface area contributed by atoms with Crippen molar-refractivity contribution in [1.29, 1.82) is 0 Å². The molecule has 0 aromatic heterocycles. The second-order valence-corrected chi connectivity index (χ2v) is 10.9. The lowest BCUT2D eigenvalue weighted by molar-refractivity contribution is -0.133. The highest BCUT2D eigenvalue weighted by molar-refractivity contribution is 6.31. The van der Waals surface area contributed by atoms with E-state index in [9.17, 15) is 9.59 Å². The maximum Gasteiger partial charge on any atom is 0.253 e. The van der Waals surface area contributed by atoms with Crippen molar-refractivity contribution in [3.05, 3.63) is 58.6 Å². The third-order valence-corrected chi connectivity index (χ3v) is 8.47. The van der Waals surface area contributed by atoms with Crippen LogP contribution >= 0.6 is 11.6 Å². The molecule has 2 aromatic carbocycles. The number of carbonyl (C=O) groups excluding carboxylic acids is 2. The number of likely N-dealkylation sites (tertiary alicyclic amines) is 1. The van der Waals surface area contributed by atoms with E-state index in [4.69, 9.17) is 11.6 Å². The van der Waals surface area contributed by atoms with Crippen LogP contribution in [0.5, 0.6) is 0 Å². The van der Waals surface area contributed by atoms with Crippen molar-refractivity contribution in [3.8, 4) is 11.1 Å². The molecule has 2 heterocycles. The summed E-state index contributed by atoms with van der Waals surface area (Å²) in [7, 11) is 2.09. The molecule has 2 amide bonds. The number of rotatable bonds is 5. The minimum absolute atomic E-state index is 0.0322. The van der Waals surface area contributed by atoms with Gasteiger partial charge in [-0.05, 0) is 67.6 Å². The lowest BCUT2D eigenvalue weighted by atomic mass is 9.93. The lowest BCUT2D eigenvalue weighted by Gasteiger charge is -2.32. The van der Waals surface area contributed by atoms with Crippen LogP contribution in [-0.4, -0.2) is 72.3 Å². The predicted octanol–water partition coefficient (Wildman–Crippen LogP) is 5.12. The van der Waals surface area contributed by atoms with Crippen molar-refractivity contribution < 1.29 is 9.59 Å². The maximum atomic E-state index is 13.1.